The molecule has 0 bridgehead atoms. The molecule has 8 heteroatoms. The van der Waals surface area contributed by atoms with Crippen LogP contribution in [0.1, 0.15) is 65.5 Å². The standard InChI is InChI=1S/C22H38N4O4.C2H6/c1-6-11-26(5)16-19-13-18(14-23-15-19)8-7-9-24-20(27)17-29-12-10-25-21(28)30-22(2,3)4;1-2/h13-15H,6-12,16-17H2,1-5H3,(H,24,27)(H,25,28);1-2H3. The number of ether oxygens (including phenoxy) is 2. The maximum Gasteiger partial charge on any atom is 0.407 e. The molecule has 0 aliphatic carbocycles. The summed E-state index contributed by atoms with van der Waals surface area (Å²) in [5, 5.41) is 5.42. The summed E-state index contributed by atoms with van der Waals surface area (Å²) in [7, 11) is 2.11. The van der Waals surface area contributed by atoms with E-state index in [4.69, 9.17) is 9.47 Å². The predicted octanol–water partition coefficient (Wildman–Crippen LogP) is 3.54. The molecule has 0 unspecified atom stereocenters. The monoisotopic (exact) mass is 452 g/mol. The second-order valence-electron chi connectivity index (χ2n) is 8.37. The molecule has 1 aromatic rings. The van der Waals surface area contributed by atoms with Crippen LogP contribution in [0.5, 0.6) is 0 Å². The molecule has 0 saturated carbocycles. The summed E-state index contributed by atoms with van der Waals surface area (Å²) in [4.78, 5) is 29.9. The molecule has 0 aliphatic heterocycles. The van der Waals surface area contributed by atoms with Crippen molar-refractivity contribution >= 4 is 12.0 Å². The van der Waals surface area contributed by atoms with Gasteiger partial charge in [-0.1, -0.05) is 26.8 Å². The number of nitrogens with one attached hydrogen (secondary N) is 2. The van der Waals surface area contributed by atoms with Crippen molar-refractivity contribution in [3.63, 3.8) is 0 Å². The Hall–Kier alpha value is -2.19. The Balaban J connectivity index is 0.00000466. The van der Waals surface area contributed by atoms with E-state index < -0.39 is 11.7 Å². The van der Waals surface area contributed by atoms with Gasteiger partial charge in [0.05, 0.1) is 6.61 Å². The van der Waals surface area contributed by atoms with Crippen LogP contribution in [0, 0.1) is 0 Å². The average Bonchev–Trinajstić information content (AvgIpc) is 2.71. The molecule has 8 nitrogen and oxygen atoms in total. The van der Waals surface area contributed by atoms with Crippen LogP contribution < -0.4 is 10.6 Å². The quantitative estimate of drug-likeness (QED) is 0.445. The lowest BCUT2D eigenvalue weighted by atomic mass is 10.1. The second-order valence-corrected chi connectivity index (χ2v) is 8.37. The fourth-order valence-electron chi connectivity index (χ4n) is 2.81. The first-order chi connectivity index (χ1) is 15.2. The van der Waals surface area contributed by atoms with Gasteiger partial charge in [-0.2, -0.15) is 0 Å². The van der Waals surface area contributed by atoms with E-state index in [1.807, 2.05) is 26.2 Å². The fourth-order valence-corrected chi connectivity index (χ4v) is 2.81. The Kier molecular flexibility index (Phi) is 16.2. The average molecular weight is 453 g/mol. The van der Waals surface area contributed by atoms with Crippen molar-refractivity contribution in [2.75, 3.05) is 39.9 Å². The van der Waals surface area contributed by atoms with E-state index in [1.165, 1.54) is 11.1 Å². The Morgan fingerprint density at radius 1 is 1.09 bits per heavy atom. The topological polar surface area (TPSA) is 92.8 Å². The van der Waals surface area contributed by atoms with E-state index in [2.05, 4.69) is 40.6 Å². The largest absolute Gasteiger partial charge is 0.444 e. The number of aromatic nitrogens is 1. The highest BCUT2D eigenvalue weighted by Gasteiger charge is 2.15. The van der Waals surface area contributed by atoms with Crippen molar-refractivity contribution < 1.29 is 19.1 Å². The van der Waals surface area contributed by atoms with Gasteiger partial charge < -0.3 is 25.0 Å². The van der Waals surface area contributed by atoms with Gasteiger partial charge in [0.1, 0.15) is 12.2 Å². The minimum atomic E-state index is -0.534. The third-order valence-corrected chi connectivity index (χ3v) is 4.02. The van der Waals surface area contributed by atoms with Crippen LogP contribution in [-0.4, -0.2) is 67.4 Å². The third kappa shape index (κ3) is 16.5. The van der Waals surface area contributed by atoms with Gasteiger partial charge in [-0.15, -0.1) is 0 Å². The molecule has 0 radical (unpaired) electrons. The number of carbonyl (C=O) groups excluding carboxylic acids is 2. The van der Waals surface area contributed by atoms with E-state index in [9.17, 15) is 9.59 Å². The maximum absolute atomic E-state index is 11.8. The van der Waals surface area contributed by atoms with E-state index in [0.717, 1.165) is 32.4 Å². The van der Waals surface area contributed by atoms with Crippen molar-refractivity contribution in [2.24, 2.45) is 0 Å². The predicted molar refractivity (Wildman–Crippen MR) is 129 cm³/mol. The van der Waals surface area contributed by atoms with Crippen LogP contribution in [0.4, 0.5) is 4.79 Å². The number of hydrogen-bond acceptors (Lipinski definition) is 6. The molecule has 1 heterocycles. The fraction of sp³-hybridized carbons (Fsp3) is 0.708. The van der Waals surface area contributed by atoms with Crippen LogP contribution in [-0.2, 0) is 27.2 Å². The summed E-state index contributed by atoms with van der Waals surface area (Å²) in [6, 6.07) is 2.18. The summed E-state index contributed by atoms with van der Waals surface area (Å²) in [6.45, 7) is 14.6. The van der Waals surface area contributed by atoms with Gasteiger partial charge in [0.2, 0.25) is 5.91 Å². The summed E-state index contributed by atoms with van der Waals surface area (Å²) in [6.07, 6.45) is 6.12. The molecule has 0 fully saturated rings. The van der Waals surface area contributed by atoms with Crippen LogP contribution in [0.2, 0.25) is 0 Å². The second kappa shape index (κ2) is 17.4. The molecule has 0 saturated heterocycles. The Labute approximate surface area is 194 Å². The Bertz CT molecular complexity index is 647. The Morgan fingerprint density at radius 2 is 1.78 bits per heavy atom. The van der Waals surface area contributed by atoms with E-state index >= 15 is 0 Å². The molecule has 1 rings (SSSR count). The lowest BCUT2D eigenvalue weighted by Gasteiger charge is -2.19. The van der Waals surface area contributed by atoms with Gasteiger partial charge in [-0.05, 0) is 64.8 Å². The van der Waals surface area contributed by atoms with Gasteiger partial charge in [0.25, 0.3) is 0 Å². The number of alkyl carbamates (subject to hydrolysis) is 1. The molecule has 32 heavy (non-hydrogen) atoms. The van der Waals surface area contributed by atoms with E-state index in [1.54, 1.807) is 20.8 Å². The van der Waals surface area contributed by atoms with Crippen molar-refractivity contribution in [1.82, 2.24) is 20.5 Å². The van der Waals surface area contributed by atoms with E-state index in [0.29, 0.717) is 13.1 Å². The van der Waals surface area contributed by atoms with Gasteiger partial charge in [0.15, 0.2) is 0 Å². The SMILES string of the molecule is CC.CCCN(C)Cc1cncc(CCCNC(=O)COCCNC(=O)OC(C)(C)C)c1. The minimum absolute atomic E-state index is 0.0309. The molecule has 0 spiro atoms. The molecule has 0 aliphatic rings. The van der Waals surface area contributed by atoms with Gasteiger partial charge in [-0.25, -0.2) is 4.79 Å². The zero-order chi connectivity index (χ0) is 24.4. The number of aryl methyl sites for hydroxylation is 1. The number of pyridine rings is 1. The highest BCUT2D eigenvalue weighted by Crippen LogP contribution is 2.08. The molecule has 1 aromatic heterocycles. The first-order valence-corrected chi connectivity index (χ1v) is 11.6. The van der Waals surface area contributed by atoms with Crippen LogP contribution >= 0.6 is 0 Å². The highest BCUT2D eigenvalue weighted by atomic mass is 16.6. The lowest BCUT2D eigenvalue weighted by molar-refractivity contribution is -0.125. The number of nitrogens with zero attached hydrogens (tertiary/aromatic N) is 2. The molecule has 2 amide bonds. The van der Waals surface area contributed by atoms with E-state index in [-0.39, 0.29) is 19.1 Å². The van der Waals surface area contributed by atoms with Crippen LogP contribution in [0.15, 0.2) is 18.5 Å². The van der Waals surface area contributed by atoms with Crippen molar-refractivity contribution in [1.29, 1.82) is 0 Å². The van der Waals surface area contributed by atoms with Gasteiger partial charge >= 0.3 is 6.09 Å². The smallest absolute Gasteiger partial charge is 0.407 e. The van der Waals surface area contributed by atoms with Gasteiger partial charge in [-0.3, -0.25) is 9.78 Å². The zero-order valence-electron chi connectivity index (χ0n) is 21.1. The normalized spacial score (nSPS) is 10.9. The molecule has 2 N–H and O–H groups in total. The zero-order valence-corrected chi connectivity index (χ0v) is 21.1. The molecular formula is C24H44N4O4. The summed E-state index contributed by atoms with van der Waals surface area (Å²) >= 11 is 0. The number of rotatable bonds is 13. The van der Waals surface area contributed by atoms with Gasteiger partial charge in [0, 0.05) is 32.0 Å². The maximum atomic E-state index is 11.8. The third-order valence-electron chi connectivity index (χ3n) is 4.02. The molecule has 0 atom stereocenters. The van der Waals surface area contributed by atoms with Crippen molar-refractivity contribution in [2.45, 2.75) is 73.0 Å². The van der Waals surface area contributed by atoms with Crippen molar-refractivity contribution in [3.05, 3.63) is 29.6 Å². The minimum Gasteiger partial charge on any atom is -0.444 e. The van der Waals surface area contributed by atoms with Crippen LogP contribution in [0.25, 0.3) is 0 Å². The summed E-state index contributed by atoms with van der Waals surface area (Å²) in [5.74, 6) is -0.166. The molecular weight excluding hydrogens is 408 g/mol. The summed E-state index contributed by atoms with van der Waals surface area (Å²) in [5.41, 5.74) is 1.85. The Morgan fingerprint density at radius 3 is 2.44 bits per heavy atom. The van der Waals surface area contributed by atoms with Crippen molar-refractivity contribution in [3.8, 4) is 0 Å². The number of hydrogen-bond donors (Lipinski definition) is 2. The molecule has 184 valence electrons. The molecule has 0 aromatic carbocycles. The first kappa shape index (κ1) is 29.8. The number of amides is 2. The lowest BCUT2D eigenvalue weighted by Crippen LogP contribution is -2.35. The summed E-state index contributed by atoms with van der Waals surface area (Å²) < 4.78 is 10.4. The highest BCUT2D eigenvalue weighted by molar-refractivity contribution is 5.77. The first-order valence-electron chi connectivity index (χ1n) is 11.6. The number of carbonyl (C=O) groups is 2. The van der Waals surface area contributed by atoms with Crippen LogP contribution in [0.3, 0.4) is 0 Å².